The summed E-state index contributed by atoms with van der Waals surface area (Å²) < 4.78 is 23.6. The Morgan fingerprint density at radius 1 is 0.889 bits per heavy atom. The van der Waals surface area contributed by atoms with Crippen molar-refractivity contribution >= 4 is 6.01 Å². The standard InChI is InChI=1S/C13H9FN2O2/c14-9-3-1-8(2-4-9)10-5-6-11(17-10)12-7-16-13(15)18-12/h1-7H,(H2,15,16). The first-order valence-corrected chi connectivity index (χ1v) is 5.30. The van der Waals surface area contributed by atoms with Gasteiger partial charge in [0, 0.05) is 5.56 Å². The molecule has 5 heteroatoms. The van der Waals surface area contributed by atoms with E-state index in [2.05, 4.69) is 4.98 Å². The van der Waals surface area contributed by atoms with Gasteiger partial charge in [-0.2, -0.15) is 0 Å². The molecule has 0 amide bonds. The van der Waals surface area contributed by atoms with Crippen LogP contribution in [-0.4, -0.2) is 4.98 Å². The second kappa shape index (κ2) is 4.03. The summed E-state index contributed by atoms with van der Waals surface area (Å²) in [5, 5.41) is 0. The van der Waals surface area contributed by atoms with Gasteiger partial charge in [-0.3, -0.25) is 0 Å². The van der Waals surface area contributed by atoms with Crippen LogP contribution in [0.1, 0.15) is 0 Å². The van der Waals surface area contributed by atoms with Crippen LogP contribution in [0, 0.1) is 5.82 Å². The fraction of sp³-hybridized carbons (Fsp3) is 0. The van der Waals surface area contributed by atoms with E-state index >= 15 is 0 Å². The highest BCUT2D eigenvalue weighted by Crippen LogP contribution is 2.29. The fourth-order valence-electron chi connectivity index (χ4n) is 1.64. The Morgan fingerprint density at radius 3 is 2.28 bits per heavy atom. The lowest BCUT2D eigenvalue weighted by molar-refractivity contribution is 0.538. The zero-order valence-corrected chi connectivity index (χ0v) is 9.26. The molecule has 0 bridgehead atoms. The molecule has 3 rings (SSSR count). The van der Waals surface area contributed by atoms with Gasteiger partial charge in [-0.05, 0) is 36.4 Å². The zero-order valence-electron chi connectivity index (χ0n) is 9.26. The first-order chi connectivity index (χ1) is 8.72. The summed E-state index contributed by atoms with van der Waals surface area (Å²) in [6.07, 6.45) is 1.49. The van der Waals surface area contributed by atoms with E-state index < -0.39 is 0 Å². The molecule has 0 aliphatic carbocycles. The molecule has 0 aliphatic rings. The highest BCUT2D eigenvalue weighted by atomic mass is 19.1. The van der Waals surface area contributed by atoms with Gasteiger partial charge in [-0.1, -0.05) is 0 Å². The van der Waals surface area contributed by atoms with Crippen molar-refractivity contribution in [2.24, 2.45) is 0 Å². The molecule has 0 atom stereocenters. The maximum atomic E-state index is 12.8. The minimum absolute atomic E-state index is 0.0877. The third kappa shape index (κ3) is 1.86. The van der Waals surface area contributed by atoms with Gasteiger partial charge >= 0.3 is 0 Å². The maximum absolute atomic E-state index is 12.8. The SMILES string of the molecule is Nc1ncc(-c2ccc(-c3ccc(F)cc3)o2)o1. The monoisotopic (exact) mass is 244 g/mol. The highest BCUT2D eigenvalue weighted by Gasteiger charge is 2.10. The summed E-state index contributed by atoms with van der Waals surface area (Å²) >= 11 is 0. The van der Waals surface area contributed by atoms with E-state index in [9.17, 15) is 4.39 Å². The van der Waals surface area contributed by atoms with Crippen LogP contribution in [0.3, 0.4) is 0 Å². The maximum Gasteiger partial charge on any atom is 0.292 e. The largest absolute Gasteiger partial charge is 0.453 e. The van der Waals surface area contributed by atoms with Crippen LogP contribution < -0.4 is 5.73 Å². The number of aromatic nitrogens is 1. The molecule has 2 aromatic heterocycles. The van der Waals surface area contributed by atoms with Crippen LogP contribution in [0.5, 0.6) is 0 Å². The van der Waals surface area contributed by atoms with Crippen LogP contribution in [-0.2, 0) is 0 Å². The Kier molecular flexibility index (Phi) is 2.37. The summed E-state index contributed by atoms with van der Waals surface area (Å²) in [6.45, 7) is 0. The number of hydrogen-bond acceptors (Lipinski definition) is 4. The van der Waals surface area contributed by atoms with E-state index in [-0.39, 0.29) is 11.8 Å². The summed E-state index contributed by atoms with van der Waals surface area (Å²) in [5.41, 5.74) is 6.18. The normalized spacial score (nSPS) is 10.7. The van der Waals surface area contributed by atoms with Crippen molar-refractivity contribution in [2.75, 3.05) is 5.73 Å². The van der Waals surface area contributed by atoms with E-state index in [1.54, 1.807) is 24.3 Å². The predicted octanol–water partition coefficient (Wildman–Crippen LogP) is 3.32. The summed E-state index contributed by atoms with van der Waals surface area (Å²) in [5.74, 6) is 1.33. The Labute approximate surface area is 102 Å². The van der Waals surface area contributed by atoms with Crippen LogP contribution in [0.2, 0.25) is 0 Å². The van der Waals surface area contributed by atoms with E-state index in [1.165, 1.54) is 18.3 Å². The third-order valence-corrected chi connectivity index (χ3v) is 2.50. The van der Waals surface area contributed by atoms with Crippen molar-refractivity contribution in [3.05, 3.63) is 48.4 Å². The van der Waals surface area contributed by atoms with Crippen LogP contribution in [0.25, 0.3) is 22.8 Å². The molecule has 0 saturated carbocycles. The second-order valence-electron chi connectivity index (χ2n) is 3.73. The summed E-state index contributed by atoms with van der Waals surface area (Å²) in [7, 11) is 0. The zero-order chi connectivity index (χ0) is 12.5. The number of anilines is 1. The number of benzene rings is 1. The predicted molar refractivity (Wildman–Crippen MR) is 64.0 cm³/mol. The van der Waals surface area contributed by atoms with Gasteiger partial charge in [0.05, 0.1) is 6.20 Å². The smallest absolute Gasteiger partial charge is 0.292 e. The number of rotatable bonds is 2. The average Bonchev–Trinajstić information content (AvgIpc) is 2.98. The lowest BCUT2D eigenvalue weighted by Gasteiger charge is -1.96. The molecule has 0 spiro atoms. The Balaban J connectivity index is 1.96. The van der Waals surface area contributed by atoms with Crippen LogP contribution in [0.4, 0.5) is 10.4 Å². The number of halogens is 1. The molecular formula is C13H9FN2O2. The number of hydrogen-bond donors (Lipinski definition) is 1. The molecule has 2 N–H and O–H groups in total. The lowest BCUT2D eigenvalue weighted by Crippen LogP contribution is -1.79. The number of nitrogen functional groups attached to an aromatic ring is 1. The number of nitrogens with zero attached hydrogens (tertiary/aromatic N) is 1. The first kappa shape index (κ1) is 10.6. The van der Waals surface area contributed by atoms with E-state index in [0.717, 1.165) is 5.56 Å². The van der Waals surface area contributed by atoms with Crippen LogP contribution in [0.15, 0.2) is 51.4 Å². The van der Waals surface area contributed by atoms with Gasteiger partial charge < -0.3 is 14.6 Å². The van der Waals surface area contributed by atoms with Gasteiger partial charge in [-0.15, -0.1) is 0 Å². The lowest BCUT2D eigenvalue weighted by atomic mass is 10.2. The van der Waals surface area contributed by atoms with Gasteiger partial charge in [-0.25, -0.2) is 9.37 Å². The summed E-state index contributed by atoms with van der Waals surface area (Å²) in [4.78, 5) is 3.79. The topological polar surface area (TPSA) is 65.2 Å². The van der Waals surface area contributed by atoms with Crippen molar-refractivity contribution in [3.8, 4) is 22.8 Å². The molecule has 0 radical (unpaired) electrons. The van der Waals surface area contributed by atoms with E-state index in [4.69, 9.17) is 14.6 Å². The minimum Gasteiger partial charge on any atom is -0.453 e. The molecule has 4 nitrogen and oxygen atoms in total. The van der Waals surface area contributed by atoms with Crippen molar-refractivity contribution < 1.29 is 13.2 Å². The quantitative estimate of drug-likeness (QED) is 0.750. The number of furan rings is 1. The molecule has 0 fully saturated rings. The van der Waals surface area contributed by atoms with Gasteiger partial charge in [0.15, 0.2) is 11.5 Å². The molecule has 3 aromatic rings. The molecule has 0 unspecified atom stereocenters. The van der Waals surface area contributed by atoms with Crippen molar-refractivity contribution in [1.82, 2.24) is 4.98 Å². The number of nitrogens with two attached hydrogens (primary N) is 1. The third-order valence-electron chi connectivity index (χ3n) is 2.50. The minimum atomic E-state index is -0.284. The Hall–Kier alpha value is -2.56. The van der Waals surface area contributed by atoms with Crippen molar-refractivity contribution in [2.45, 2.75) is 0 Å². The molecular weight excluding hydrogens is 235 g/mol. The second-order valence-corrected chi connectivity index (χ2v) is 3.73. The molecule has 0 aliphatic heterocycles. The average molecular weight is 244 g/mol. The Bertz CT molecular complexity index is 670. The molecule has 0 saturated heterocycles. The van der Waals surface area contributed by atoms with E-state index in [0.29, 0.717) is 17.3 Å². The van der Waals surface area contributed by atoms with Crippen molar-refractivity contribution in [1.29, 1.82) is 0 Å². The van der Waals surface area contributed by atoms with Gasteiger partial charge in [0.25, 0.3) is 6.01 Å². The van der Waals surface area contributed by atoms with Crippen molar-refractivity contribution in [3.63, 3.8) is 0 Å². The number of oxazole rings is 1. The molecule has 1 aromatic carbocycles. The van der Waals surface area contributed by atoms with Gasteiger partial charge in [0.1, 0.15) is 11.6 Å². The first-order valence-electron chi connectivity index (χ1n) is 5.30. The Morgan fingerprint density at radius 2 is 1.61 bits per heavy atom. The molecule has 2 heterocycles. The van der Waals surface area contributed by atoms with Crippen LogP contribution >= 0.6 is 0 Å². The molecule has 18 heavy (non-hydrogen) atoms. The molecule has 90 valence electrons. The highest BCUT2D eigenvalue weighted by molar-refractivity contribution is 5.62. The van der Waals surface area contributed by atoms with E-state index in [1.807, 2.05) is 0 Å². The van der Waals surface area contributed by atoms with Gasteiger partial charge in [0.2, 0.25) is 0 Å². The fourth-order valence-corrected chi connectivity index (χ4v) is 1.64. The summed E-state index contributed by atoms with van der Waals surface area (Å²) in [6, 6.07) is 9.66.